The molecule has 0 radical (unpaired) electrons. The van der Waals surface area contributed by atoms with Gasteiger partial charge in [-0.1, -0.05) is 6.92 Å². The fraction of sp³-hybridized carbons (Fsp3) is 1.00. The Morgan fingerprint density at radius 2 is 0.675 bits per heavy atom. The predicted octanol–water partition coefficient (Wildman–Crippen LogP) is 6.31. The molecule has 0 rings (SSSR count). The Bertz CT molecular complexity index is 783. The summed E-state index contributed by atoms with van der Waals surface area (Å²) in [7, 11) is -16.7. The van der Waals surface area contributed by atoms with Gasteiger partial charge >= 0.3 is 60.2 Å². The molecule has 242 valence electrons. The third-order valence-electron chi connectivity index (χ3n) is 5.91. The summed E-state index contributed by atoms with van der Waals surface area (Å²) in [5, 5.41) is 0.00947. The van der Waals surface area contributed by atoms with E-state index in [1.165, 1.54) is 0 Å². The van der Waals surface area contributed by atoms with Crippen LogP contribution < -0.4 is 0 Å². The summed E-state index contributed by atoms with van der Waals surface area (Å²) in [6.07, 6.45) is 0. The van der Waals surface area contributed by atoms with Crippen molar-refractivity contribution in [2.45, 2.75) is 117 Å². The van der Waals surface area contributed by atoms with Gasteiger partial charge in [0.1, 0.15) is 0 Å². The Morgan fingerprint density at radius 1 is 0.425 bits per heavy atom. The van der Waals surface area contributed by atoms with Crippen LogP contribution in [0.3, 0.4) is 0 Å². The topological polar surface area (TPSA) is 92.3 Å². The second-order valence-electron chi connectivity index (χ2n) is 13.7. The van der Waals surface area contributed by atoms with Gasteiger partial charge in [-0.25, -0.2) is 0 Å². The molecule has 19 heteroatoms. The summed E-state index contributed by atoms with van der Waals surface area (Å²) >= 11 is 0. The molecule has 0 saturated carbocycles. The SMILES string of the molecule is CO[Si](OC)(OC)C(C)[Si](C)(C)O[Si](C)(C)O[Si](C)(C)O[Si](C)(C)O[Si](C)(C)O[Si](C)(C)O[Si](C)(C)O[SiH](C)C. The first-order valence-electron chi connectivity index (χ1n) is 14.0. The molecule has 0 aromatic carbocycles. The first kappa shape index (κ1) is 41.6. The monoisotopic (exact) mass is 726 g/mol. The maximum Gasteiger partial charge on any atom is 0.502 e. The summed E-state index contributed by atoms with van der Waals surface area (Å²) < 4.78 is 63.7. The standard InChI is InChI=1S/C21H62O10Si9/c1-21(40(22-2,23-3)24-4)33(7,8)26-35(11,12)28-37(15,16)30-39(19,20)31-38(17,18)29-36(13,14)27-34(9,10)25-32(5)6/h21,32H,1-20H3. The van der Waals surface area contributed by atoms with Crippen LogP contribution in [-0.2, 0) is 42.1 Å². The Labute approximate surface area is 256 Å². The fourth-order valence-electron chi connectivity index (χ4n) is 5.58. The van der Waals surface area contributed by atoms with Crippen molar-refractivity contribution in [1.82, 2.24) is 0 Å². The van der Waals surface area contributed by atoms with Crippen molar-refractivity contribution in [3.63, 3.8) is 0 Å². The molecule has 1 atom stereocenters. The van der Waals surface area contributed by atoms with E-state index in [0.717, 1.165) is 0 Å². The van der Waals surface area contributed by atoms with Gasteiger partial charge in [-0.15, -0.1) is 0 Å². The lowest BCUT2D eigenvalue weighted by Gasteiger charge is -2.45. The van der Waals surface area contributed by atoms with Crippen molar-refractivity contribution in [1.29, 1.82) is 0 Å². The van der Waals surface area contributed by atoms with Crippen LogP contribution in [0.2, 0.25) is 110 Å². The summed E-state index contributed by atoms with van der Waals surface area (Å²) in [5.41, 5.74) is 0. The lowest BCUT2D eigenvalue weighted by molar-refractivity contribution is 0.119. The highest BCUT2D eigenvalue weighted by Crippen LogP contribution is 2.36. The van der Waals surface area contributed by atoms with E-state index in [2.05, 4.69) is 112 Å². The Balaban J connectivity index is 5.54. The molecule has 10 nitrogen and oxygen atoms in total. The van der Waals surface area contributed by atoms with E-state index in [1.807, 2.05) is 0 Å². The molecular formula is C21H62O10Si9. The number of hydrogen-bond donors (Lipinski definition) is 0. The van der Waals surface area contributed by atoms with Gasteiger partial charge in [-0.05, 0) is 105 Å². The van der Waals surface area contributed by atoms with Crippen LogP contribution in [-0.4, -0.2) is 98.9 Å². The van der Waals surface area contributed by atoms with Gasteiger partial charge in [-0.2, -0.15) is 0 Å². The average molecular weight is 727 g/mol. The molecule has 0 N–H and O–H groups in total. The molecule has 0 aliphatic carbocycles. The van der Waals surface area contributed by atoms with Crippen molar-refractivity contribution in [3.8, 4) is 0 Å². The minimum absolute atomic E-state index is 0.00947. The summed E-state index contributed by atoms with van der Waals surface area (Å²) in [6.45, 7) is 35.7. The van der Waals surface area contributed by atoms with Crippen molar-refractivity contribution in [3.05, 3.63) is 0 Å². The Kier molecular flexibility index (Phi) is 15.3. The molecular weight excluding hydrogens is 665 g/mol. The zero-order valence-corrected chi connectivity index (χ0v) is 38.4. The van der Waals surface area contributed by atoms with Crippen LogP contribution in [0.1, 0.15) is 6.92 Å². The Morgan fingerprint density at radius 3 is 0.925 bits per heavy atom. The molecule has 0 fully saturated rings. The number of rotatable bonds is 19. The van der Waals surface area contributed by atoms with Gasteiger partial charge < -0.3 is 42.1 Å². The molecule has 0 aliphatic heterocycles. The summed E-state index contributed by atoms with van der Waals surface area (Å²) in [5.74, 6) is 0. The zero-order valence-electron chi connectivity index (χ0n) is 29.2. The van der Waals surface area contributed by atoms with Crippen molar-refractivity contribution < 1.29 is 42.1 Å². The van der Waals surface area contributed by atoms with Crippen molar-refractivity contribution in [2.75, 3.05) is 21.3 Å². The average Bonchev–Trinajstić information content (AvgIpc) is 2.62. The smallest absolute Gasteiger partial charge is 0.440 e. The van der Waals surface area contributed by atoms with Crippen LogP contribution in [0.4, 0.5) is 0 Å². The highest BCUT2D eigenvalue weighted by molar-refractivity contribution is 6.94. The minimum Gasteiger partial charge on any atom is -0.440 e. The largest absolute Gasteiger partial charge is 0.502 e. The van der Waals surface area contributed by atoms with Gasteiger partial charge in [0.25, 0.3) is 0 Å². The van der Waals surface area contributed by atoms with Crippen LogP contribution in [0, 0.1) is 0 Å². The third kappa shape index (κ3) is 14.6. The molecule has 0 spiro atoms. The lowest BCUT2D eigenvalue weighted by atomic mass is 10.9. The molecule has 0 saturated heterocycles. The van der Waals surface area contributed by atoms with E-state index in [4.69, 9.17) is 42.1 Å². The van der Waals surface area contributed by atoms with E-state index in [0.29, 0.717) is 0 Å². The quantitative estimate of drug-likeness (QED) is 0.141. The van der Waals surface area contributed by atoms with E-state index in [-0.39, 0.29) is 5.16 Å². The Hall–Kier alpha value is 1.55. The van der Waals surface area contributed by atoms with E-state index in [1.54, 1.807) is 21.3 Å². The normalized spacial score (nSPS) is 16.1. The summed E-state index contributed by atoms with van der Waals surface area (Å²) in [6, 6.07) is 0. The highest BCUT2D eigenvalue weighted by atomic mass is 28.5. The van der Waals surface area contributed by atoms with E-state index in [9.17, 15) is 0 Å². The third-order valence-corrected chi connectivity index (χ3v) is 41.8. The second-order valence-corrected chi connectivity index (χ2v) is 46.4. The van der Waals surface area contributed by atoms with Gasteiger partial charge in [0, 0.05) is 26.5 Å². The summed E-state index contributed by atoms with van der Waals surface area (Å²) in [4.78, 5) is 0. The molecule has 0 aromatic heterocycles. The maximum absolute atomic E-state index is 6.84. The van der Waals surface area contributed by atoms with E-state index >= 15 is 0 Å². The van der Waals surface area contributed by atoms with Crippen molar-refractivity contribution in [2.24, 2.45) is 0 Å². The first-order chi connectivity index (χ1) is 17.5. The second kappa shape index (κ2) is 14.8. The number of hydrogen-bond acceptors (Lipinski definition) is 10. The highest BCUT2D eigenvalue weighted by Gasteiger charge is 2.56. The molecule has 0 aliphatic rings. The van der Waals surface area contributed by atoms with Crippen LogP contribution in [0.25, 0.3) is 0 Å². The predicted molar refractivity (Wildman–Crippen MR) is 185 cm³/mol. The molecule has 0 aromatic rings. The van der Waals surface area contributed by atoms with Crippen LogP contribution >= 0.6 is 0 Å². The van der Waals surface area contributed by atoms with Gasteiger partial charge in [-0.3, -0.25) is 0 Å². The molecule has 0 amide bonds. The van der Waals surface area contributed by atoms with Crippen LogP contribution in [0.5, 0.6) is 0 Å². The fourth-order valence-corrected chi connectivity index (χ4v) is 49.5. The van der Waals surface area contributed by atoms with Crippen molar-refractivity contribution >= 4 is 77.5 Å². The maximum atomic E-state index is 6.84. The lowest BCUT2D eigenvalue weighted by Crippen LogP contribution is -2.63. The molecule has 1 unspecified atom stereocenters. The van der Waals surface area contributed by atoms with Gasteiger partial charge in [0.05, 0.1) is 0 Å². The van der Waals surface area contributed by atoms with Crippen LogP contribution in [0.15, 0.2) is 0 Å². The molecule has 0 heterocycles. The zero-order chi connectivity index (χ0) is 32.2. The molecule has 0 bridgehead atoms. The van der Waals surface area contributed by atoms with E-state index < -0.39 is 77.5 Å². The molecule has 40 heavy (non-hydrogen) atoms. The minimum atomic E-state index is -2.87. The van der Waals surface area contributed by atoms with Gasteiger partial charge in [0.2, 0.25) is 0 Å². The van der Waals surface area contributed by atoms with Gasteiger partial charge in [0.15, 0.2) is 17.4 Å². The first-order valence-corrected chi connectivity index (χ1v) is 38.5.